The number of nitrogens with zero attached hydrogens (tertiary/aromatic N) is 1. The molecule has 2 aromatic carbocycles. The van der Waals surface area contributed by atoms with Gasteiger partial charge in [0, 0.05) is 31.1 Å². The summed E-state index contributed by atoms with van der Waals surface area (Å²) >= 11 is 0. The molecule has 6 heteroatoms. The van der Waals surface area contributed by atoms with Crippen LogP contribution in [0.15, 0.2) is 48.5 Å². The number of rotatable bonds is 6. The fourth-order valence-corrected chi connectivity index (χ4v) is 3.45. The van der Waals surface area contributed by atoms with Crippen molar-refractivity contribution in [1.29, 1.82) is 0 Å². The van der Waals surface area contributed by atoms with Gasteiger partial charge in [0.2, 0.25) is 5.91 Å². The number of nitrogens with one attached hydrogen (secondary N) is 1. The maximum Gasteiger partial charge on any atom is 0.253 e. The van der Waals surface area contributed by atoms with Gasteiger partial charge in [0.1, 0.15) is 0 Å². The summed E-state index contributed by atoms with van der Waals surface area (Å²) in [6, 6.07) is 13.3. The molecular formula is C22H24F2N2O2. The molecule has 1 saturated heterocycles. The van der Waals surface area contributed by atoms with Gasteiger partial charge >= 0.3 is 0 Å². The second-order valence-corrected chi connectivity index (χ2v) is 7.08. The fraction of sp³-hybridized carbons (Fsp3) is 0.364. The maximum atomic E-state index is 13.3. The third kappa shape index (κ3) is 5.15. The fourth-order valence-electron chi connectivity index (χ4n) is 3.45. The van der Waals surface area contributed by atoms with E-state index < -0.39 is 11.6 Å². The highest BCUT2D eigenvalue weighted by Gasteiger charge is 2.27. The zero-order valence-electron chi connectivity index (χ0n) is 15.7. The summed E-state index contributed by atoms with van der Waals surface area (Å²) in [6.07, 6.45) is 2.94. The van der Waals surface area contributed by atoms with E-state index in [9.17, 15) is 18.4 Å². The van der Waals surface area contributed by atoms with Crippen LogP contribution in [0.5, 0.6) is 0 Å². The summed E-state index contributed by atoms with van der Waals surface area (Å²) in [6.45, 7) is 1.49. The van der Waals surface area contributed by atoms with Gasteiger partial charge in [-0.25, -0.2) is 8.78 Å². The molecule has 2 amide bonds. The van der Waals surface area contributed by atoms with Crippen LogP contribution in [0.4, 0.5) is 8.78 Å². The molecule has 1 N–H and O–H groups in total. The van der Waals surface area contributed by atoms with Crippen LogP contribution in [-0.4, -0.2) is 36.3 Å². The molecule has 1 heterocycles. The number of hydrogen-bond acceptors (Lipinski definition) is 2. The van der Waals surface area contributed by atoms with Gasteiger partial charge in [0.05, 0.1) is 0 Å². The Hall–Kier alpha value is -2.76. The zero-order chi connectivity index (χ0) is 19.9. The van der Waals surface area contributed by atoms with E-state index in [1.165, 1.54) is 11.6 Å². The number of hydrogen-bond donors (Lipinski definition) is 1. The lowest BCUT2D eigenvalue weighted by Gasteiger charge is -2.31. The summed E-state index contributed by atoms with van der Waals surface area (Å²) in [4.78, 5) is 26.3. The van der Waals surface area contributed by atoms with E-state index >= 15 is 0 Å². The largest absolute Gasteiger partial charge is 0.356 e. The van der Waals surface area contributed by atoms with Crippen LogP contribution >= 0.6 is 0 Å². The SMILES string of the molecule is O=C(NCCCc1ccccc1)C1CCN(C(=O)c2ccc(F)c(F)c2)CC1. The van der Waals surface area contributed by atoms with Crippen molar-refractivity contribution in [3.05, 3.63) is 71.3 Å². The highest BCUT2D eigenvalue weighted by molar-refractivity contribution is 5.94. The van der Waals surface area contributed by atoms with Gasteiger partial charge < -0.3 is 10.2 Å². The highest BCUT2D eigenvalue weighted by atomic mass is 19.2. The van der Waals surface area contributed by atoms with Crippen LogP contribution in [0, 0.1) is 17.6 Å². The minimum absolute atomic E-state index is 0.0213. The van der Waals surface area contributed by atoms with Gasteiger partial charge in [-0.2, -0.15) is 0 Å². The topological polar surface area (TPSA) is 49.4 Å². The van der Waals surface area contributed by atoms with Crippen molar-refractivity contribution in [3.8, 4) is 0 Å². The van der Waals surface area contributed by atoms with Gasteiger partial charge in [-0.1, -0.05) is 30.3 Å². The maximum absolute atomic E-state index is 13.3. The average Bonchev–Trinajstić information content (AvgIpc) is 2.73. The first-order valence-electron chi connectivity index (χ1n) is 9.60. The molecule has 4 nitrogen and oxygen atoms in total. The second-order valence-electron chi connectivity index (χ2n) is 7.08. The van der Waals surface area contributed by atoms with Gasteiger partial charge in [0.15, 0.2) is 11.6 Å². The normalized spacial score (nSPS) is 14.7. The Morgan fingerprint density at radius 3 is 2.39 bits per heavy atom. The van der Waals surface area contributed by atoms with Crippen LogP contribution in [0.25, 0.3) is 0 Å². The Bertz CT molecular complexity index is 819. The number of piperidine rings is 1. The van der Waals surface area contributed by atoms with E-state index in [1.54, 1.807) is 4.90 Å². The summed E-state index contributed by atoms with van der Waals surface area (Å²) in [5, 5.41) is 2.98. The second kappa shape index (κ2) is 9.44. The number of carbonyl (C=O) groups is 2. The molecule has 2 aromatic rings. The molecule has 1 aliphatic heterocycles. The molecule has 28 heavy (non-hydrogen) atoms. The molecule has 148 valence electrons. The molecule has 0 aromatic heterocycles. The summed E-state index contributed by atoms with van der Waals surface area (Å²) in [7, 11) is 0. The van der Waals surface area contributed by atoms with E-state index in [4.69, 9.17) is 0 Å². The van der Waals surface area contributed by atoms with Crippen molar-refractivity contribution < 1.29 is 18.4 Å². The molecule has 3 rings (SSSR count). The Morgan fingerprint density at radius 1 is 1.00 bits per heavy atom. The van der Waals surface area contributed by atoms with Gasteiger partial charge in [0.25, 0.3) is 5.91 Å². The van der Waals surface area contributed by atoms with Crippen molar-refractivity contribution in [2.45, 2.75) is 25.7 Å². The van der Waals surface area contributed by atoms with Crippen molar-refractivity contribution in [2.24, 2.45) is 5.92 Å². The Balaban J connectivity index is 1.41. The third-order valence-electron chi connectivity index (χ3n) is 5.10. The Morgan fingerprint density at radius 2 is 1.71 bits per heavy atom. The molecule has 1 aliphatic rings. The number of aryl methyl sites for hydroxylation is 1. The van der Waals surface area contributed by atoms with Crippen molar-refractivity contribution in [3.63, 3.8) is 0 Å². The van der Waals surface area contributed by atoms with Gasteiger partial charge in [-0.15, -0.1) is 0 Å². The summed E-state index contributed by atoms with van der Waals surface area (Å²) in [5.74, 6) is -2.44. The monoisotopic (exact) mass is 386 g/mol. The summed E-state index contributed by atoms with van der Waals surface area (Å²) in [5.41, 5.74) is 1.38. The standard InChI is InChI=1S/C22H24F2N2O2/c23-19-9-8-18(15-20(19)24)22(28)26-13-10-17(11-14-26)21(27)25-12-4-7-16-5-2-1-3-6-16/h1-3,5-6,8-9,15,17H,4,7,10-14H2,(H,25,27). The summed E-state index contributed by atoms with van der Waals surface area (Å²) < 4.78 is 26.4. The Labute approximate surface area is 163 Å². The number of halogens is 2. The highest BCUT2D eigenvalue weighted by Crippen LogP contribution is 2.20. The number of carbonyl (C=O) groups excluding carboxylic acids is 2. The lowest BCUT2D eigenvalue weighted by molar-refractivity contribution is -0.126. The third-order valence-corrected chi connectivity index (χ3v) is 5.10. The van der Waals surface area contributed by atoms with E-state index in [-0.39, 0.29) is 23.3 Å². The lowest BCUT2D eigenvalue weighted by Crippen LogP contribution is -2.43. The van der Waals surface area contributed by atoms with Crippen molar-refractivity contribution in [1.82, 2.24) is 10.2 Å². The first-order chi connectivity index (χ1) is 13.5. The molecule has 0 atom stereocenters. The first-order valence-corrected chi connectivity index (χ1v) is 9.60. The molecule has 1 fully saturated rings. The van der Waals surface area contributed by atoms with Crippen LogP contribution < -0.4 is 5.32 Å². The molecule has 0 saturated carbocycles. The van der Waals surface area contributed by atoms with Crippen LogP contribution in [-0.2, 0) is 11.2 Å². The smallest absolute Gasteiger partial charge is 0.253 e. The van der Waals surface area contributed by atoms with E-state index in [0.717, 1.165) is 25.0 Å². The molecule has 0 bridgehead atoms. The van der Waals surface area contributed by atoms with Crippen LogP contribution in [0.3, 0.4) is 0 Å². The predicted molar refractivity (Wildman–Crippen MR) is 103 cm³/mol. The van der Waals surface area contributed by atoms with Crippen molar-refractivity contribution >= 4 is 11.8 Å². The molecule has 0 unspecified atom stereocenters. The minimum atomic E-state index is -1.03. The van der Waals surface area contributed by atoms with Crippen molar-refractivity contribution in [2.75, 3.05) is 19.6 Å². The quantitative estimate of drug-likeness (QED) is 0.772. The van der Waals surface area contributed by atoms with Gasteiger partial charge in [-0.3, -0.25) is 9.59 Å². The Kier molecular flexibility index (Phi) is 6.74. The first kappa shape index (κ1) is 20.0. The van der Waals surface area contributed by atoms with Crippen LogP contribution in [0.1, 0.15) is 35.2 Å². The zero-order valence-corrected chi connectivity index (χ0v) is 15.7. The average molecular weight is 386 g/mol. The lowest BCUT2D eigenvalue weighted by atomic mass is 9.95. The molecule has 0 spiro atoms. The number of amides is 2. The van der Waals surface area contributed by atoms with E-state index in [0.29, 0.717) is 32.5 Å². The van der Waals surface area contributed by atoms with E-state index in [2.05, 4.69) is 17.4 Å². The van der Waals surface area contributed by atoms with E-state index in [1.807, 2.05) is 18.2 Å². The minimum Gasteiger partial charge on any atom is -0.356 e. The molecule has 0 aliphatic carbocycles. The van der Waals surface area contributed by atoms with Crippen LogP contribution in [0.2, 0.25) is 0 Å². The number of likely N-dealkylation sites (tertiary alicyclic amines) is 1. The number of benzene rings is 2. The predicted octanol–water partition coefficient (Wildman–Crippen LogP) is 3.57. The van der Waals surface area contributed by atoms with Gasteiger partial charge in [-0.05, 0) is 49.4 Å². The molecule has 0 radical (unpaired) electrons. The molecular weight excluding hydrogens is 362 g/mol.